The predicted octanol–water partition coefficient (Wildman–Crippen LogP) is 4.82. The van der Waals surface area contributed by atoms with E-state index in [1.807, 2.05) is 36.4 Å². The number of nitrogens with zero attached hydrogens (tertiary/aromatic N) is 2. The van der Waals surface area contributed by atoms with Gasteiger partial charge in [-0.05, 0) is 54.2 Å². The second-order valence-corrected chi connectivity index (χ2v) is 8.31. The van der Waals surface area contributed by atoms with Gasteiger partial charge >= 0.3 is 0 Å². The van der Waals surface area contributed by atoms with E-state index >= 15 is 0 Å². The molecule has 1 aliphatic heterocycles. The fourth-order valence-electron chi connectivity index (χ4n) is 3.31. The summed E-state index contributed by atoms with van der Waals surface area (Å²) >= 11 is 0. The minimum absolute atomic E-state index is 0.0902. The number of aromatic nitrogens is 2. The normalized spacial score (nSPS) is 16.7. The molecule has 2 heterocycles. The molecule has 2 aromatic carbocycles. The smallest absolute Gasteiger partial charge is 0.253 e. The maximum atomic E-state index is 12.3. The molecule has 1 amide bonds. The lowest BCUT2D eigenvalue weighted by molar-refractivity contribution is -0.124. The quantitative estimate of drug-likeness (QED) is 0.690. The molecule has 4 rings (SSSR count). The van der Waals surface area contributed by atoms with Crippen LogP contribution in [0.25, 0.3) is 22.9 Å². The highest BCUT2D eigenvalue weighted by atomic mass is 16.5. The molecule has 29 heavy (non-hydrogen) atoms. The van der Waals surface area contributed by atoms with Crippen LogP contribution in [-0.2, 0) is 14.9 Å². The molecular formula is C23H25N3O3. The molecule has 3 aromatic rings. The highest BCUT2D eigenvalue weighted by Crippen LogP contribution is 2.28. The zero-order chi connectivity index (χ0) is 20.4. The van der Waals surface area contributed by atoms with Crippen LogP contribution < -0.4 is 5.32 Å². The van der Waals surface area contributed by atoms with Crippen molar-refractivity contribution in [2.24, 2.45) is 0 Å². The summed E-state index contributed by atoms with van der Waals surface area (Å²) in [6, 6.07) is 15.5. The van der Waals surface area contributed by atoms with Gasteiger partial charge in [0.15, 0.2) is 0 Å². The summed E-state index contributed by atoms with van der Waals surface area (Å²) in [5.41, 5.74) is 3.64. The number of benzene rings is 2. The minimum Gasteiger partial charge on any atom is -0.416 e. The van der Waals surface area contributed by atoms with Gasteiger partial charge in [0.1, 0.15) is 6.10 Å². The SMILES string of the molecule is CC(C)(C)c1ccc(-c2nnc(-c3cccc(NC(=O)C4CCCO4)c3)o2)cc1. The van der Waals surface area contributed by atoms with E-state index < -0.39 is 0 Å². The summed E-state index contributed by atoms with van der Waals surface area (Å²) < 4.78 is 11.3. The van der Waals surface area contributed by atoms with Crippen molar-refractivity contribution in [2.45, 2.75) is 45.1 Å². The average molecular weight is 391 g/mol. The van der Waals surface area contributed by atoms with Gasteiger partial charge < -0.3 is 14.5 Å². The number of carbonyl (C=O) groups is 1. The fourth-order valence-corrected chi connectivity index (χ4v) is 3.31. The summed E-state index contributed by atoms with van der Waals surface area (Å²) in [7, 11) is 0. The van der Waals surface area contributed by atoms with E-state index in [0.29, 0.717) is 24.1 Å². The third-order valence-corrected chi connectivity index (χ3v) is 5.02. The Kier molecular flexibility index (Phi) is 5.20. The molecule has 1 fully saturated rings. The van der Waals surface area contributed by atoms with Gasteiger partial charge in [-0.3, -0.25) is 4.79 Å². The first kappa shape index (κ1) is 19.3. The zero-order valence-electron chi connectivity index (χ0n) is 16.9. The fraction of sp³-hybridized carbons (Fsp3) is 0.348. The molecule has 0 bridgehead atoms. The summed E-state index contributed by atoms with van der Waals surface area (Å²) in [4.78, 5) is 12.3. The number of hydrogen-bond acceptors (Lipinski definition) is 5. The van der Waals surface area contributed by atoms with Gasteiger partial charge in [-0.25, -0.2) is 0 Å². The molecule has 6 nitrogen and oxygen atoms in total. The number of hydrogen-bond donors (Lipinski definition) is 1. The largest absolute Gasteiger partial charge is 0.416 e. The Hall–Kier alpha value is -2.99. The van der Waals surface area contributed by atoms with Crippen LogP contribution in [0.5, 0.6) is 0 Å². The van der Waals surface area contributed by atoms with Crippen LogP contribution in [-0.4, -0.2) is 28.8 Å². The molecule has 0 spiro atoms. The Morgan fingerprint density at radius 3 is 2.41 bits per heavy atom. The lowest BCUT2D eigenvalue weighted by atomic mass is 9.87. The number of ether oxygens (including phenoxy) is 1. The number of anilines is 1. The van der Waals surface area contributed by atoms with Gasteiger partial charge in [0, 0.05) is 23.4 Å². The van der Waals surface area contributed by atoms with Crippen LogP contribution >= 0.6 is 0 Å². The van der Waals surface area contributed by atoms with Gasteiger partial charge in [-0.1, -0.05) is 39.0 Å². The van der Waals surface area contributed by atoms with Crippen molar-refractivity contribution in [3.05, 3.63) is 54.1 Å². The van der Waals surface area contributed by atoms with Crippen LogP contribution in [0.3, 0.4) is 0 Å². The molecule has 1 aromatic heterocycles. The Labute approximate surface area is 170 Å². The van der Waals surface area contributed by atoms with Crippen LogP contribution in [0.15, 0.2) is 52.9 Å². The van der Waals surface area contributed by atoms with Crippen LogP contribution in [0, 0.1) is 0 Å². The third kappa shape index (κ3) is 4.38. The molecule has 1 aliphatic rings. The van der Waals surface area contributed by atoms with Gasteiger partial charge in [0.05, 0.1) is 0 Å². The van der Waals surface area contributed by atoms with Gasteiger partial charge in [0.2, 0.25) is 11.8 Å². The van der Waals surface area contributed by atoms with Crippen molar-refractivity contribution >= 4 is 11.6 Å². The maximum Gasteiger partial charge on any atom is 0.253 e. The van der Waals surface area contributed by atoms with E-state index in [1.165, 1.54) is 5.56 Å². The van der Waals surface area contributed by atoms with E-state index in [-0.39, 0.29) is 17.4 Å². The number of carbonyl (C=O) groups excluding carboxylic acids is 1. The predicted molar refractivity (Wildman–Crippen MR) is 111 cm³/mol. The summed E-state index contributed by atoms with van der Waals surface area (Å²) in [5, 5.41) is 11.3. The minimum atomic E-state index is -0.371. The van der Waals surface area contributed by atoms with E-state index in [0.717, 1.165) is 24.0 Å². The number of rotatable bonds is 4. The molecule has 1 atom stereocenters. The van der Waals surface area contributed by atoms with Crippen molar-refractivity contribution in [1.82, 2.24) is 10.2 Å². The van der Waals surface area contributed by atoms with Gasteiger partial charge in [-0.2, -0.15) is 0 Å². The highest BCUT2D eigenvalue weighted by Gasteiger charge is 2.23. The van der Waals surface area contributed by atoms with Crippen LogP contribution in [0.1, 0.15) is 39.2 Å². The summed E-state index contributed by atoms with van der Waals surface area (Å²) in [6.07, 6.45) is 1.30. The molecule has 6 heteroatoms. The third-order valence-electron chi connectivity index (χ3n) is 5.02. The molecule has 0 saturated carbocycles. The van der Waals surface area contributed by atoms with E-state index in [2.05, 4.69) is 48.4 Å². The van der Waals surface area contributed by atoms with Crippen LogP contribution in [0.4, 0.5) is 5.69 Å². The highest BCUT2D eigenvalue weighted by molar-refractivity contribution is 5.94. The number of amides is 1. The first-order valence-electron chi connectivity index (χ1n) is 9.87. The second-order valence-electron chi connectivity index (χ2n) is 8.31. The summed E-state index contributed by atoms with van der Waals surface area (Å²) in [5.74, 6) is 0.757. The molecule has 1 unspecified atom stereocenters. The van der Waals surface area contributed by atoms with E-state index in [9.17, 15) is 4.79 Å². The Bertz CT molecular complexity index is 997. The van der Waals surface area contributed by atoms with E-state index in [4.69, 9.17) is 9.15 Å². The average Bonchev–Trinajstić information content (AvgIpc) is 3.40. The Morgan fingerprint density at radius 1 is 1.03 bits per heavy atom. The standard InChI is InChI=1S/C23H25N3O3/c1-23(2,3)17-11-9-15(10-12-17)21-25-26-22(29-21)16-6-4-7-18(14-16)24-20(27)19-8-5-13-28-19/h4,6-7,9-12,14,19H,5,8,13H2,1-3H3,(H,24,27). The van der Waals surface area contributed by atoms with Gasteiger partial charge in [-0.15, -0.1) is 10.2 Å². The molecule has 0 aliphatic carbocycles. The van der Waals surface area contributed by atoms with Crippen molar-refractivity contribution in [2.75, 3.05) is 11.9 Å². The number of nitrogens with one attached hydrogen (secondary N) is 1. The lowest BCUT2D eigenvalue weighted by Gasteiger charge is -2.18. The van der Waals surface area contributed by atoms with Crippen LogP contribution in [0.2, 0.25) is 0 Å². The first-order valence-corrected chi connectivity index (χ1v) is 9.87. The summed E-state index contributed by atoms with van der Waals surface area (Å²) in [6.45, 7) is 7.17. The lowest BCUT2D eigenvalue weighted by Crippen LogP contribution is -2.26. The first-order chi connectivity index (χ1) is 13.9. The van der Waals surface area contributed by atoms with E-state index in [1.54, 1.807) is 0 Å². The maximum absolute atomic E-state index is 12.3. The van der Waals surface area contributed by atoms with Gasteiger partial charge in [0.25, 0.3) is 5.91 Å². The molecule has 1 N–H and O–H groups in total. The molecule has 150 valence electrons. The molecular weight excluding hydrogens is 366 g/mol. The second kappa shape index (κ2) is 7.79. The Morgan fingerprint density at radius 2 is 1.76 bits per heavy atom. The zero-order valence-corrected chi connectivity index (χ0v) is 16.9. The topological polar surface area (TPSA) is 77.2 Å². The molecule has 0 radical (unpaired) electrons. The van der Waals surface area contributed by atoms with Crippen molar-refractivity contribution in [1.29, 1.82) is 0 Å². The van der Waals surface area contributed by atoms with Crippen molar-refractivity contribution < 1.29 is 13.9 Å². The van der Waals surface area contributed by atoms with Crippen molar-refractivity contribution in [3.63, 3.8) is 0 Å². The van der Waals surface area contributed by atoms with Crippen molar-refractivity contribution in [3.8, 4) is 22.9 Å². The monoisotopic (exact) mass is 391 g/mol. The Balaban J connectivity index is 1.51. The molecule has 1 saturated heterocycles.